The van der Waals surface area contributed by atoms with E-state index < -0.39 is 12.0 Å². The van der Waals surface area contributed by atoms with Crippen molar-refractivity contribution in [3.63, 3.8) is 0 Å². The van der Waals surface area contributed by atoms with E-state index in [4.69, 9.17) is 18.9 Å². The molecule has 3 aromatic rings. The molecule has 1 atom stereocenters. The number of para-hydroxylation sites is 1. The molecular weight excluding hydrogens is 548 g/mol. The zero-order valence-corrected chi connectivity index (χ0v) is 22.9. The molecule has 1 aliphatic heterocycles. The molecular formula is C26H25BrN2O6S. The van der Waals surface area contributed by atoms with Crippen LogP contribution in [0.3, 0.4) is 0 Å². The van der Waals surface area contributed by atoms with E-state index in [1.54, 1.807) is 59.5 Å². The Bertz CT molecular complexity index is 1540. The Labute approximate surface area is 220 Å². The Balaban J connectivity index is 1.99. The molecule has 0 amide bonds. The molecule has 0 spiro atoms. The predicted molar refractivity (Wildman–Crippen MR) is 141 cm³/mol. The number of halogens is 1. The first-order chi connectivity index (χ1) is 17.3. The zero-order chi connectivity index (χ0) is 26.0. The molecule has 10 heteroatoms. The lowest BCUT2D eigenvalue weighted by molar-refractivity contribution is -0.139. The van der Waals surface area contributed by atoms with Crippen molar-refractivity contribution in [1.82, 2.24) is 4.57 Å². The number of carbonyl (C=O) groups is 1. The normalized spacial score (nSPS) is 15.3. The van der Waals surface area contributed by atoms with Crippen LogP contribution in [-0.4, -0.2) is 38.5 Å². The van der Waals surface area contributed by atoms with Crippen LogP contribution in [0.4, 0.5) is 0 Å². The van der Waals surface area contributed by atoms with Crippen molar-refractivity contribution >= 4 is 39.3 Å². The van der Waals surface area contributed by atoms with Crippen LogP contribution in [0, 0.1) is 0 Å². The van der Waals surface area contributed by atoms with Crippen molar-refractivity contribution in [3.05, 3.63) is 83.0 Å². The summed E-state index contributed by atoms with van der Waals surface area (Å²) in [5, 5.41) is 0. The van der Waals surface area contributed by atoms with Gasteiger partial charge in [0.05, 0.1) is 43.7 Å². The molecule has 4 rings (SSSR count). The number of rotatable bonds is 7. The lowest BCUT2D eigenvalue weighted by Crippen LogP contribution is -2.40. The molecule has 36 heavy (non-hydrogen) atoms. The van der Waals surface area contributed by atoms with Crippen LogP contribution in [-0.2, 0) is 9.53 Å². The Morgan fingerprint density at radius 2 is 1.78 bits per heavy atom. The number of aromatic nitrogens is 1. The minimum absolute atomic E-state index is 0.200. The Morgan fingerprint density at radius 1 is 1.11 bits per heavy atom. The van der Waals surface area contributed by atoms with E-state index in [-0.39, 0.29) is 12.2 Å². The second-order valence-corrected chi connectivity index (χ2v) is 9.64. The van der Waals surface area contributed by atoms with Gasteiger partial charge in [-0.2, -0.15) is 0 Å². The number of hydrogen-bond donors (Lipinski definition) is 0. The van der Waals surface area contributed by atoms with Gasteiger partial charge in [-0.1, -0.05) is 45.5 Å². The number of benzene rings is 2. The molecule has 0 saturated heterocycles. The lowest BCUT2D eigenvalue weighted by Gasteiger charge is -2.25. The van der Waals surface area contributed by atoms with E-state index in [1.807, 2.05) is 18.2 Å². The molecule has 0 unspecified atom stereocenters. The molecule has 1 aliphatic rings. The van der Waals surface area contributed by atoms with Crippen molar-refractivity contribution in [2.45, 2.75) is 19.9 Å². The van der Waals surface area contributed by atoms with E-state index in [2.05, 4.69) is 20.9 Å². The summed E-state index contributed by atoms with van der Waals surface area (Å²) in [5.41, 5.74) is 1.90. The van der Waals surface area contributed by atoms with Gasteiger partial charge in [0.2, 0.25) is 0 Å². The van der Waals surface area contributed by atoms with Crippen LogP contribution < -0.4 is 29.1 Å². The minimum Gasteiger partial charge on any atom is -0.496 e. The number of methoxy groups -OCH3 is 3. The summed E-state index contributed by atoms with van der Waals surface area (Å²) in [5.74, 6) is 1.13. The monoisotopic (exact) mass is 572 g/mol. The van der Waals surface area contributed by atoms with Crippen molar-refractivity contribution < 1.29 is 23.7 Å². The fourth-order valence-corrected chi connectivity index (χ4v) is 5.57. The molecule has 2 aromatic carbocycles. The zero-order valence-electron chi connectivity index (χ0n) is 20.5. The summed E-state index contributed by atoms with van der Waals surface area (Å²) in [7, 11) is 4.66. The summed E-state index contributed by atoms with van der Waals surface area (Å²) < 4.78 is 24.4. The summed E-state index contributed by atoms with van der Waals surface area (Å²) in [6.07, 6.45) is 1.76. The molecule has 0 aliphatic carbocycles. The van der Waals surface area contributed by atoms with Crippen LogP contribution >= 0.6 is 27.3 Å². The second kappa shape index (κ2) is 10.7. The van der Waals surface area contributed by atoms with Gasteiger partial charge in [-0.3, -0.25) is 9.36 Å². The first-order valence-electron chi connectivity index (χ1n) is 11.1. The summed E-state index contributed by atoms with van der Waals surface area (Å²) >= 11 is 4.79. The minimum atomic E-state index is -0.757. The van der Waals surface area contributed by atoms with Gasteiger partial charge in [0.15, 0.2) is 16.3 Å². The van der Waals surface area contributed by atoms with Gasteiger partial charge < -0.3 is 18.9 Å². The van der Waals surface area contributed by atoms with E-state index in [0.29, 0.717) is 43.4 Å². The van der Waals surface area contributed by atoms with Crippen LogP contribution in [0.2, 0.25) is 0 Å². The first kappa shape index (κ1) is 25.7. The number of carbonyl (C=O) groups excluding carboxylic acids is 1. The van der Waals surface area contributed by atoms with Gasteiger partial charge in [0.25, 0.3) is 5.56 Å². The van der Waals surface area contributed by atoms with Gasteiger partial charge in [-0.05, 0) is 43.7 Å². The molecule has 8 nitrogen and oxygen atoms in total. The largest absolute Gasteiger partial charge is 0.496 e. The smallest absolute Gasteiger partial charge is 0.338 e. The maximum Gasteiger partial charge on any atom is 0.338 e. The van der Waals surface area contributed by atoms with Gasteiger partial charge in [-0.25, -0.2) is 9.79 Å². The number of fused-ring (bicyclic) bond motifs is 1. The highest BCUT2D eigenvalue weighted by Crippen LogP contribution is 2.36. The number of hydrogen-bond acceptors (Lipinski definition) is 8. The van der Waals surface area contributed by atoms with Crippen molar-refractivity contribution in [1.29, 1.82) is 0 Å². The van der Waals surface area contributed by atoms with Gasteiger partial charge in [-0.15, -0.1) is 0 Å². The molecule has 1 aromatic heterocycles. The number of esters is 1. The van der Waals surface area contributed by atoms with Crippen LogP contribution in [0.1, 0.15) is 31.0 Å². The lowest BCUT2D eigenvalue weighted by atomic mass is 9.95. The highest BCUT2D eigenvalue weighted by atomic mass is 79.9. The van der Waals surface area contributed by atoms with E-state index in [0.717, 1.165) is 10.0 Å². The van der Waals surface area contributed by atoms with E-state index >= 15 is 0 Å². The molecule has 0 bridgehead atoms. The third kappa shape index (κ3) is 4.58. The van der Waals surface area contributed by atoms with Crippen LogP contribution in [0.15, 0.2) is 61.9 Å². The van der Waals surface area contributed by atoms with Gasteiger partial charge in [0, 0.05) is 10.0 Å². The van der Waals surface area contributed by atoms with E-state index in [9.17, 15) is 9.59 Å². The average Bonchev–Trinajstić information content (AvgIpc) is 3.18. The first-order valence-corrected chi connectivity index (χ1v) is 12.7. The Kier molecular flexibility index (Phi) is 7.65. The van der Waals surface area contributed by atoms with Crippen molar-refractivity contribution in [3.8, 4) is 17.2 Å². The molecule has 2 heterocycles. The SMILES string of the molecule is CCOC(=O)C1=C(C)N=c2sc(=Cc3cc(OC)c(OC)cc3Br)c(=O)n2[C@H]1c1ccccc1OC. The fraction of sp³-hybridized carbons (Fsp3) is 0.269. The van der Waals surface area contributed by atoms with Crippen molar-refractivity contribution in [2.24, 2.45) is 4.99 Å². The third-order valence-corrected chi connectivity index (χ3v) is 7.41. The summed E-state index contributed by atoms with van der Waals surface area (Å²) in [6.45, 7) is 3.69. The highest BCUT2D eigenvalue weighted by Gasteiger charge is 2.35. The fourth-order valence-electron chi connectivity index (χ4n) is 4.10. The number of allylic oxidation sites excluding steroid dienone is 1. The second-order valence-electron chi connectivity index (χ2n) is 7.77. The number of nitrogens with zero attached hydrogens (tertiary/aromatic N) is 2. The van der Waals surface area contributed by atoms with Crippen molar-refractivity contribution in [2.75, 3.05) is 27.9 Å². The topological polar surface area (TPSA) is 88.4 Å². The highest BCUT2D eigenvalue weighted by molar-refractivity contribution is 9.10. The maximum atomic E-state index is 13.8. The Hall–Kier alpha value is -3.37. The molecule has 188 valence electrons. The third-order valence-electron chi connectivity index (χ3n) is 5.74. The summed E-state index contributed by atoms with van der Waals surface area (Å²) in [4.78, 5) is 32.0. The molecule has 0 fully saturated rings. The standard InChI is InChI=1S/C26H25BrN2O6S/c1-6-35-25(31)22-14(2)28-26-29(23(22)16-9-7-8-10-18(16)32-3)24(30)21(36-26)12-15-11-19(33-4)20(34-5)13-17(15)27/h7-13,23H,6H2,1-5H3/t23-/m0/s1. The maximum absolute atomic E-state index is 13.8. The molecule has 0 radical (unpaired) electrons. The number of thiazole rings is 1. The molecule has 0 N–H and O–H groups in total. The predicted octanol–water partition coefficient (Wildman–Crippen LogP) is 3.59. The molecule has 0 saturated carbocycles. The van der Waals surface area contributed by atoms with Crippen LogP contribution in [0.5, 0.6) is 17.2 Å². The van der Waals surface area contributed by atoms with Gasteiger partial charge in [0.1, 0.15) is 11.8 Å². The quantitative estimate of drug-likeness (QED) is 0.402. The average molecular weight is 573 g/mol. The summed E-state index contributed by atoms with van der Waals surface area (Å²) in [6, 6.07) is 10.1. The van der Waals surface area contributed by atoms with Crippen LogP contribution in [0.25, 0.3) is 6.08 Å². The Morgan fingerprint density at radius 3 is 2.44 bits per heavy atom. The van der Waals surface area contributed by atoms with Gasteiger partial charge >= 0.3 is 5.97 Å². The van der Waals surface area contributed by atoms with E-state index in [1.165, 1.54) is 15.9 Å². The number of ether oxygens (including phenoxy) is 4.